The molecule has 172 valence electrons. The Labute approximate surface area is 182 Å². The van der Waals surface area contributed by atoms with E-state index in [1.165, 1.54) is 0 Å². The zero-order valence-corrected chi connectivity index (χ0v) is 18.6. The standard InChI is InChI=1S/C20H30FN5O4S/c1-31(28,29)24-17-3-2-8-26(19(27)14-4-5-14)18(17)13-30-16-6-9-25(10-7-16)20-22-11-15(21)12-23-20/h11-12,14,16-18,24H,2-10,13H2,1H3/t17-,18-/m1/s1. The van der Waals surface area contributed by atoms with Crippen LogP contribution in [0.1, 0.15) is 38.5 Å². The van der Waals surface area contributed by atoms with Crippen molar-refractivity contribution in [3.8, 4) is 0 Å². The molecule has 4 rings (SSSR count). The molecule has 3 fully saturated rings. The Kier molecular flexibility index (Phi) is 6.73. The van der Waals surface area contributed by atoms with E-state index in [1.54, 1.807) is 0 Å². The van der Waals surface area contributed by atoms with Crippen LogP contribution in [0.25, 0.3) is 0 Å². The van der Waals surface area contributed by atoms with Crippen LogP contribution in [0.15, 0.2) is 12.4 Å². The lowest BCUT2D eigenvalue weighted by Gasteiger charge is -2.42. The Morgan fingerprint density at radius 3 is 2.45 bits per heavy atom. The average Bonchev–Trinajstić information content (AvgIpc) is 3.57. The Morgan fingerprint density at radius 1 is 1.16 bits per heavy atom. The molecule has 0 aromatic carbocycles. The van der Waals surface area contributed by atoms with E-state index in [0.29, 0.717) is 38.6 Å². The van der Waals surface area contributed by atoms with E-state index in [4.69, 9.17) is 4.74 Å². The highest BCUT2D eigenvalue weighted by atomic mass is 32.2. The van der Waals surface area contributed by atoms with Gasteiger partial charge in [-0.1, -0.05) is 0 Å². The smallest absolute Gasteiger partial charge is 0.226 e. The van der Waals surface area contributed by atoms with E-state index < -0.39 is 15.8 Å². The summed E-state index contributed by atoms with van der Waals surface area (Å²) in [4.78, 5) is 24.7. The topological polar surface area (TPSA) is 105 Å². The van der Waals surface area contributed by atoms with Crippen LogP contribution < -0.4 is 9.62 Å². The van der Waals surface area contributed by atoms with Gasteiger partial charge in [-0.05, 0) is 38.5 Å². The summed E-state index contributed by atoms with van der Waals surface area (Å²) in [6.45, 7) is 2.34. The quantitative estimate of drug-likeness (QED) is 0.652. The minimum absolute atomic E-state index is 0.00962. The van der Waals surface area contributed by atoms with Gasteiger partial charge in [-0.25, -0.2) is 27.5 Å². The number of carbonyl (C=O) groups excluding carboxylic acids is 1. The van der Waals surface area contributed by atoms with Gasteiger partial charge in [-0.2, -0.15) is 0 Å². The number of nitrogens with zero attached hydrogens (tertiary/aromatic N) is 4. The summed E-state index contributed by atoms with van der Waals surface area (Å²) in [5.74, 6) is 0.248. The van der Waals surface area contributed by atoms with Crippen molar-refractivity contribution < 1.29 is 22.3 Å². The number of piperidine rings is 2. The number of carbonyl (C=O) groups is 1. The molecule has 11 heteroatoms. The molecule has 3 aliphatic rings. The van der Waals surface area contributed by atoms with E-state index >= 15 is 0 Å². The Balaban J connectivity index is 1.35. The number of sulfonamides is 1. The second-order valence-electron chi connectivity index (χ2n) is 8.73. The fourth-order valence-electron chi connectivity index (χ4n) is 4.44. The highest BCUT2D eigenvalue weighted by Gasteiger charge is 2.41. The first kappa shape index (κ1) is 22.3. The van der Waals surface area contributed by atoms with Crippen LogP contribution in [0.2, 0.25) is 0 Å². The lowest BCUT2D eigenvalue weighted by Crippen LogP contribution is -2.59. The largest absolute Gasteiger partial charge is 0.376 e. The second-order valence-corrected chi connectivity index (χ2v) is 10.5. The van der Waals surface area contributed by atoms with E-state index in [2.05, 4.69) is 14.7 Å². The number of likely N-dealkylation sites (tertiary alicyclic amines) is 1. The Hall–Kier alpha value is -1.85. The molecule has 1 aliphatic carbocycles. The van der Waals surface area contributed by atoms with Crippen LogP contribution in [0.3, 0.4) is 0 Å². The monoisotopic (exact) mass is 455 g/mol. The number of rotatable bonds is 7. The maximum atomic E-state index is 13.0. The number of halogens is 1. The predicted octanol–water partition coefficient (Wildman–Crippen LogP) is 0.920. The van der Waals surface area contributed by atoms with Gasteiger partial charge in [0.1, 0.15) is 0 Å². The molecule has 1 saturated carbocycles. The van der Waals surface area contributed by atoms with Crippen molar-refractivity contribution in [2.45, 2.75) is 56.7 Å². The maximum absolute atomic E-state index is 13.0. The summed E-state index contributed by atoms with van der Waals surface area (Å²) in [6, 6.07) is -0.630. The molecule has 2 aliphatic heterocycles. The van der Waals surface area contributed by atoms with Crippen LogP contribution in [0.4, 0.5) is 10.3 Å². The first-order chi connectivity index (χ1) is 14.8. The first-order valence-electron chi connectivity index (χ1n) is 10.9. The lowest BCUT2D eigenvalue weighted by atomic mass is 9.96. The van der Waals surface area contributed by atoms with Gasteiger partial charge < -0.3 is 14.5 Å². The van der Waals surface area contributed by atoms with E-state index in [0.717, 1.165) is 50.8 Å². The molecule has 9 nitrogen and oxygen atoms in total. The predicted molar refractivity (Wildman–Crippen MR) is 112 cm³/mol. The van der Waals surface area contributed by atoms with Crippen LogP contribution in [-0.4, -0.2) is 79.9 Å². The molecule has 2 atom stereocenters. The van der Waals surface area contributed by atoms with Gasteiger partial charge in [-0.3, -0.25) is 4.79 Å². The number of nitrogens with one attached hydrogen (secondary N) is 1. The van der Waals surface area contributed by atoms with Gasteiger partial charge >= 0.3 is 0 Å². The number of amides is 1. The minimum Gasteiger partial charge on any atom is -0.376 e. The number of anilines is 1. The molecule has 1 aromatic heterocycles. The van der Waals surface area contributed by atoms with E-state index in [1.807, 2.05) is 9.80 Å². The van der Waals surface area contributed by atoms with Crippen LogP contribution >= 0.6 is 0 Å². The lowest BCUT2D eigenvalue weighted by molar-refractivity contribution is -0.139. The number of ether oxygens (including phenoxy) is 1. The average molecular weight is 456 g/mol. The fraction of sp³-hybridized carbons (Fsp3) is 0.750. The molecule has 0 unspecified atom stereocenters. The fourth-order valence-corrected chi connectivity index (χ4v) is 5.26. The van der Waals surface area contributed by atoms with Gasteiger partial charge in [0.15, 0.2) is 5.82 Å². The SMILES string of the molecule is CS(=O)(=O)N[C@@H]1CCCN(C(=O)C2CC2)[C@@H]1COC1CCN(c2ncc(F)cn2)CC1. The highest BCUT2D eigenvalue weighted by molar-refractivity contribution is 7.88. The summed E-state index contributed by atoms with van der Waals surface area (Å²) in [6.07, 6.45) is 8.29. The molecule has 31 heavy (non-hydrogen) atoms. The summed E-state index contributed by atoms with van der Waals surface area (Å²) >= 11 is 0. The Bertz CT molecular complexity index is 872. The molecule has 1 aromatic rings. The van der Waals surface area contributed by atoms with Crippen molar-refractivity contribution in [2.75, 3.05) is 37.4 Å². The van der Waals surface area contributed by atoms with Crippen molar-refractivity contribution in [3.05, 3.63) is 18.2 Å². The highest BCUT2D eigenvalue weighted by Crippen LogP contribution is 2.33. The van der Waals surface area contributed by atoms with Crippen molar-refractivity contribution in [1.29, 1.82) is 0 Å². The third-order valence-corrected chi connectivity index (χ3v) is 6.92. The number of aromatic nitrogens is 2. The van der Waals surface area contributed by atoms with Crippen LogP contribution in [0.5, 0.6) is 0 Å². The number of hydrogen-bond donors (Lipinski definition) is 1. The molecule has 0 bridgehead atoms. The minimum atomic E-state index is -3.39. The van der Waals surface area contributed by atoms with Crippen LogP contribution in [0, 0.1) is 11.7 Å². The molecular formula is C20H30FN5O4S. The van der Waals surface area contributed by atoms with E-state index in [9.17, 15) is 17.6 Å². The summed E-state index contributed by atoms with van der Waals surface area (Å²) in [7, 11) is -3.39. The zero-order chi connectivity index (χ0) is 22.0. The molecule has 3 heterocycles. The first-order valence-corrected chi connectivity index (χ1v) is 12.8. The van der Waals surface area contributed by atoms with Crippen molar-refractivity contribution in [1.82, 2.24) is 19.6 Å². The van der Waals surface area contributed by atoms with Gasteiger partial charge in [0.05, 0.1) is 37.4 Å². The van der Waals surface area contributed by atoms with Gasteiger partial charge in [0.2, 0.25) is 21.9 Å². The third kappa shape index (κ3) is 5.89. The van der Waals surface area contributed by atoms with Gasteiger partial charge in [0, 0.05) is 31.6 Å². The molecule has 0 radical (unpaired) electrons. The number of hydrogen-bond acceptors (Lipinski definition) is 7. The molecule has 2 saturated heterocycles. The van der Waals surface area contributed by atoms with E-state index in [-0.39, 0.29) is 30.0 Å². The molecule has 0 spiro atoms. The maximum Gasteiger partial charge on any atom is 0.226 e. The zero-order valence-electron chi connectivity index (χ0n) is 17.7. The molecule has 1 N–H and O–H groups in total. The summed E-state index contributed by atoms with van der Waals surface area (Å²) < 4.78 is 45.7. The van der Waals surface area contributed by atoms with Crippen molar-refractivity contribution in [2.24, 2.45) is 5.92 Å². The Morgan fingerprint density at radius 2 is 1.84 bits per heavy atom. The van der Waals surface area contributed by atoms with Gasteiger partial charge in [0.25, 0.3) is 0 Å². The van der Waals surface area contributed by atoms with Crippen molar-refractivity contribution >= 4 is 21.9 Å². The summed E-state index contributed by atoms with van der Waals surface area (Å²) in [5, 5.41) is 0. The second kappa shape index (κ2) is 9.33. The summed E-state index contributed by atoms with van der Waals surface area (Å²) in [5.41, 5.74) is 0. The third-order valence-electron chi connectivity index (χ3n) is 6.19. The van der Waals surface area contributed by atoms with Gasteiger partial charge in [-0.15, -0.1) is 0 Å². The normalized spacial score (nSPS) is 25.6. The molecule has 1 amide bonds. The van der Waals surface area contributed by atoms with Crippen molar-refractivity contribution in [3.63, 3.8) is 0 Å². The molecular weight excluding hydrogens is 425 g/mol. The van der Waals surface area contributed by atoms with Crippen LogP contribution in [-0.2, 0) is 19.6 Å².